The molecule has 0 aliphatic carbocycles. The minimum atomic E-state index is -0.368. The molecule has 1 heterocycles. The van der Waals surface area contributed by atoms with Crippen molar-refractivity contribution in [2.75, 3.05) is 7.11 Å². The highest BCUT2D eigenvalue weighted by Crippen LogP contribution is 2.32. The molecule has 3 aromatic rings. The van der Waals surface area contributed by atoms with E-state index in [1.165, 1.54) is 7.11 Å². The SMILES string of the molecule is COC(=O)c1cccc(-c2cc(Cl)nc3ccc(Br)cc23)c1. The molecule has 3 nitrogen and oxygen atoms in total. The van der Waals surface area contributed by atoms with Crippen LogP contribution in [0.3, 0.4) is 0 Å². The smallest absolute Gasteiger partial charge is 0.337 e. The Bertz CT molecular complexity index is 880. The highest BCUT2D eigenvalue weighted by atomic mass is 79.9. The average molecular weight is 377 g/mol. The van der Waals surface area contributed by atoms with Gasteiger partial charge in [0.05, 0.1) is 18.2 Å². The summed E-state index contributed by atoms with van der Waals surface area (Å²) in [6.07, 6.45) is 0. The maximum absolute atomic E-state index is 11.7. The van der Waals surface area contributed by atoms with Crippen molar-refractivity contribution < 1.29 is 9.53 Å². The summed E-state index contributed by atoms with van der Waals surface area (Å²) in [7, 11) is 1.37. The number of carbonyl (C=O) groups excluding carboxylic acids is 1. The first kappa shape index (κ1) is 15.0. The largest absolute Gasteiger partial charge is 0.465 e. The Hall–Kier alpha value is -1.91. The molecule has 2 aromatic carbocycles. The summed E-state index contributed by atoms with van der Waals surface area (Å²) >= 11 is 9.60. The fraction of sp³-hybridized carbons (Fsp3) is 0.0588. The first-order chi connectivity index (χ1) is 10.6. The van der Waals surface area contributed by atoms with Gasteiger partial charge in [0.1, 0.15) is 5.15 Å². The number of fused-ring (bicyclic) bond motifs is 1. The van der Waals surface area contributed by atoms with Crippen LogP contribution in [0.2, 0.25) is 5.15 Å². The summed E-state index contributed by atoms with van der Waals surface area (Å²) in [4.78, 5) is 16.0. The van der Waals surface area contributed by atoms with Crippen molar-refractivity contribution >= 4 is 44.4 Å². The number of ether oxygens (including phenoxy) is 1. The molecule has 0 amide bonds. The number of methoxy groups -OCH3 is 1. The summed E-state index contributed by atoms with van der Waals surface area (Å²) < 4.78 is 5.73. The van der Waals surface area contributed by atoms with Gasteiger partial charge in [-0.25, -0.2) is 9.78 Å². The summed E-state index contributed by atoms with van der Waals surface area (Å²) in [6, 6.07) is 14.9. The molecule has 0 fully saturated rings. The predicted octanol–water partition coefficient (Wildman–Crippen LogP) is 5.10. The van der Waals surface area contributed by atoms with Gasteiger partial charge in [-0.05, 0) is 47.5 Å². The van der Waals surface area contributed by atoms with Gasteiger partial charge in [-0.3, -0.25) is 0 Å². The fourth-order valence-corrected chi connectivity index (χ4v) is 2.90. The average Bonchev–Trinajstić information content (AvgIpc) is 2.54. The van der Waals surface area contributed by atoms with Crippen molar-refractivity contribution in [3.8, 4) is 11.1 Å². The first-order valence-corrected chi connectivity index (χ1v) is 7.70. The molecule has 0 unspecified atom stereocenters. The normalized spacial score (nSPS) is 10.7. The van der Waals surface area contributed by atoms with Crippen molar-refractivity contribution in [3.63, 3.8) is 0 Å². The molecule has 110 valence electrons. The van der Waals surface area contributed by atoms with E-state index < -0.39 is 0 Å². The number of esters is 1. The van der Waals surface area contributed by atoms with E-state index in [2.05, 4.69) is 20.9 Å². The Morgan fingerprint density at radius 3 is 2.77 bits per heavy atom. The molecule has 0 atom stereocenters. The Balaban J connectivity index is 2.25. The minimum absolute atomic E-state index is 0.368. The topological polar surface area (TPSA) is 39.2 Å². The monoisotopic (exact) mass is 375 g/mol. The number of halogens is 2. The Labute approximate surface area is 141 Å². The summed E-state index contributed by atoms with van der Waals surface area (Å²) in [5, 5.41) is 1.37. The zero-order valence-electron chi connectivity index (χ0n) is 11.6. The van der Waals surface area contributed by atoms with E-state index in [0.29, 0.717) is 10.7 Å². The molecule has 1 aromatic heterocycles. The van der Waals surface area contributed by atoms with Crippen LogP contribution in [0.25, 0.3) is 22.0 Å². The van der Waals surface area contributed by atoms with Crippen molar-refractivity contribution in [1.29, 1.82) is 0 Å². The van der Waals surface area contributed by atoms with Gasteiger partial charge in [0, 0.05) is 9.86 Å². The van der Waals surface area contributed by atoms with Gasteiger partial charge in [0.15, 0.2) is 0 Å². The number of hydrogen-bond donors (Lipinski definition) is 0. The van der Waals surface area contributed by atoms with Gasteiger partial charge >= 0.3 is 5.97 Å². The molecule has 5 heteroatoms. The van der Waals surface area contributed by atoms with Gasteiger partial charge in [-0.1, -0.05) is 39.7 Å². The Kier molecular flexibility index (Phi) is 4.14. The highest BCUT2D eigenvalue weighted by Gasteiger charge is 2.11. The lowest BCUT2D eigenvalue weighted by atomic mass is 9.99. The summed E-state index contributed by atoms with van der Waals surface area (Å²) in [5.41, 5.74) is 3.10. The quantitative estimate of drug-likeness (QED) is 0.461. The number of nitrogens with zero attached hydrogens (tertiary/aromatic N) is 1. The van der Waals surface area contributed by atoms with E-state index >= 15 is 0 Å². The van der Waals surface area contributed by atoms with Crippen LogP contribution in [0.5, 0.6) is 0 Å². The van der Waals surface area contributed by atoms with E-state index in [1.807, 2.05) is 30.3 Å². The zero-order valence-corrected chi connectivity index (χ0v) is 14.0. The van der Waals surface area contributed by atoms with Gasteiger partial charge in [0.2, 0.25) is 0 Å². The molecule has 0 aliphatic heterocycles. The third-order valence-corrected chi connectivity index (χ3v) is 4.02. The molecular formula is C17H11BrClNO2. The second-order valence-electron chi connectivity index (χ2n) is 4.73. The molecule has 0 spiro atoms. The lowest BCUT2D eigenvalue weighted by Crippen LogP contribution is -2.00. The highest BCUT2D eigenvalue weighted by molar-refractivity contribution is 9.10. The predicted molar refractivity (Wildman–Crippen MR) is 91.2 cm³/mol. The number of pyridine rings is 1. The second kappa shape index (κ2) is 6.07. The number of benzene rings is 2. The van der Waals surface area contributed by atoms with E-state index in [9.17, 15) is 4.79 Å². The maximum atomic E-state index is 11.7. The van der Waals surface area contributed by atoms with Gasteiger partial charge in [-0.2, -0.15) is 0 Å². The Morgan fingerprint density at radius 1 is 1.18 bits per heavy atom. The zero-order chi connectivity index (χ0) is 15.7. The van der Waals surface area contributed by atoms with Crippen LogP contribution >= 0.6 is 27.5 Å². The molecule has 22 heavy (non-hydrogen) atoms. The molecule has 0 bridgehead atoms. The molecule has 0 N–H and O–H groups in total. The Morgan fingerprint density at radius 2 is 2.00 bits per heavy atom. The van der Waals surface area contributed by atoms with Crippen molar-refractivity contribution in [3.05, 3.63) is 63.7 Å². The van der Waals surface area contributed by atoms with Crippen LogP contribution in [0, 0.1) is 0 Å². The first-order valence-electron chi connectivity index (χ1n) is 6.53. The van der Waals surface area contributed by atoms with Gasteiger partial charge in [0.25, 0.3) is 0 Å². The van der Waals surface area contributed by atoms with Crippen LogP contribution in [0.1, 0.15) is 10.4 Å². The third-order valence-electron chi connectivity index (χ3n) is 3.33. The lowest BCUT2D eigenvalue weighted by Gasteiger charge is -2.09. The molecule has 0 saturated carbocycles. The van der Waals surface area contributed by atoms with Crippen LogP contribution in [-0.4, -0.2) is 18.1 Å². The standard InChI is InChI=1S/C17H11BrClNO2/c1-22-17(21)11-4-2-3-10(7-11)13-9-16(19)20-15-6-5-12(18)8-14(13)15/h2-9H,1H3. The number of hydrogen-bond acceptors (Lipinski definition) is 3. The molecule has 0 saturated heterocycles. The molecular weight excluding hydrogens is 366 g/mol. The maximum Gasteiger partial charge on any atom is 0.337 e. The van der Waals surface area contributed by atoms with Gasteiger partial charge in [-0.15, -0.1) is 0 Å². The second-order valence-corrected chi connectivity index (χ2v) is 6.03. The lowest BCUT2D eigenvalue weighted by molar-refractivity contribution is 0.0601. The van der Waals surface area contributed by atoms with Crippen molar-refractivity contribution in [2.24, 2.45) is 0 Å². The number of carbonyl (C=O) groups is 1. The number of aromatic nitrogens is 1. The van der Waals surface area contributed by atoms with E-state index in [-0.39, 0.29) is 5.97 Å². The van der Waals surface area contributed by atoms with E-state index in [4.69, 9.17) is 16.3 Å². The van der Waals surface area contributed by atoms with Crippen LogP contribution in [0.15, 0.2) is 53.0 Å². The summed E-state index contributed by atoms with van der Waals surface area (Å²) in [5.74, 6) is -0.368. The van der Waals surface area contributed by atoms with Crippen molar-refractivity contribution in [2.45, 2.75) is 0 Å². The molecule has 3 rings (SSSR count). The van der Waals surface area contributed by atoms with Gasteiger partial charge < -0.3 is 4.74 Å². The van der Waals surface area contributed by atoms with Crippen LogP contribution < -0.4 is 0 Å². The molecule has 0 radical (unpaired) electrons. The summed E-state index contributed by atoms with van der Waals surface area (Å²) in [6.45, 7) is 0. The minimum Gasteiger partial charge on any atom is -0.465 e. The third kappa shape index (κ3) is 2.85. The molecule has 0 aliphatic rings. The van der Waals surface area contributed by atoms with Crippen LogP contribution in [-0.2, 0) is 4.74 Å². The van der Waals surface area contributed by atoms with Crippen molar-refractivity contribution in [1.82, 2.24) is 4.98 Å². The number of rotatable bonds is 2. The van der Waals surface area contributed by atoms with E-state index in [1.54, 1.807) is 18.2 Å². The van der Waals surface area contributed by atoms with Crippen LogP contribution in [0.4, 0.5) is 0 Å². The fourth-order valence-electron chi connectivity index (χ4n) is 2.34. The van der Waals surface area contributed by atoms with E-state index in [0.717, 1.165) is 26.5 Å².